The molecule has 0 unspecified atom stereocenters. The number of halogens is 2. The second-order valence-electron chi connectivity index (χ2n) is 6.30. The number of aliphatic hydroxyl groups is 2. The van der Waals surface area contributed by atoms with Gasteiger partial charge in [-0.15, -0.1) is 0 Å². The molecule has 1 aromatic carbocycles. The largest absolute Gasteiger partial charge is 0.396 e. The lowest BCUT2D eigenvalue weighted by Crippen LogP contribution is -2.49. The molecule has 0 aliphatic rings. The number of carbonyl (C=O) groups is 2. The minimum Gasteiger partial charge on any atom is -0.396 e. The zero-order valence-corrected chi connectivity index (χ0v) is 13.8. The molecule has 0 aliphatic heterocycles. The Labute approximate surface area is 138 Å². The molecular weight excluding hydrogens is 322 g/mol. The van der Waals surface area contributed by atoms with Gasteiger partial charge < -0.3 is 20.8 Å². The summed E-state index contributed by atoms with van der Waals surface area (Å²) in [5, 5.41) is 23.9. The van der Waals surface area contributed by atoms with Gasteiger partial charge in [-0.2, -0.15) is 0 Å². The van der Waals surface area contributed by atoms with Crippen molar-refractivity contribution in [3.05, 3.63) is 35.4 Å². The molecule has 0 spiro atoms. The molecule has 0 bridgehead atoms. The number of rotatable bonds is 7. The minimum absolute atomic E-state index is 0.0207. The lowest BCUT2D eigenvalue weighted by molar-refractivity contribution is -0.137. The summed E-state index contributed by atoms with van der Waals surface area (Å²) < 4.78 is 25.9. The molecule has 2 amide bonds. The first-order chi connectivity index (χ1) is 11.1. The van der Waals surface area contributed by atoms with Gasteiger partial charge in [0.25, 0.3) is 5.91 Å². The van der Waals surface area contributed by atoms with E-state index in [1.165, 1.54) is 13.8 Å². The van der Waals surface area contributed by atoms with Crippen LogP contribution in [0.2, 0.25) is 0 Å². The van der Waals surface area contributed by atoms with E-state index in [1.807, 2.05) is 0 Å². The van der Waals surface area contributed by atoms with Crippen LogP contribution in [0.5, 0.6) is 0 Å². The second kappa shape index (κ2) is 8.16. The molecule has 1 aromatic rings. The highest BCUT2D eigenvalue weighted by Gasteiger charge is 2.32. The van der Waals surface area contributed by atoms with Crippen LogP contribution < -0.4 is 10.6 Å². The molecule has 2 atom stereocenters. The Morgan fingerprint density at radius 1 is 1.25 bits per heavy atom. The summed E-state index contributed by atoms with van der Waals surface area (Å²) in [6.07, 6.45) is -1.41. The minimum atomic E-state index is -1.41. The molecule has 24 heavy (non-hydrogen) atoms. The molecule has 6 nitrogen and oxygen atoms in total. The molecule has 0 aliphatic carbocycles. The van der Waals surface area contributed by atoms with E-state index in [9.17, 15) is 23.5 Å². The van der Waals surface area contributed by atoms with Gasteiger partial charge in [-0.1, -0.05) is 13.8 Å². The first-order valence-electron chi connectivity index (χ1n) is 7.41. The van der Waals surface area contributed by atoms with Crippen LogP contribution in [0.3, 0.4) is 0 Å². The Morgan fingerprint density at radius 2 is 1.88 bits per heavy atom. The number of carbonyl (C=O) groups excluding carboxylic acids is 2. The summed E-state index contributed by atoms with van der Waals surface area (Å²) in [4.78, 5) is 23.7. The van der Waals surface area contributed by atoms with E-state index in [-0.39, 0.29) is 18.7 Å². The van der Waals surface area contributed by atoms with Crippen molar-refractivity contribution in [1.29, 1.82) is 0 Å². The fourth-order valence-electron chi connectivity index (χ4n) is 1.79. The first-order valence-corrected chi connectivity index (χ1v) is 7.41. The van der Waals surface area contributed by atoms with Crippen molar-refractivity contribution >= 4 is 11.8 Å². The van der Waals surface area contributed by atoms with Crippen molar-refractivity contribution in [3.8, 4) is 0 Å². The Balaban J connectivity index is 2.54. The number of nitrogens with one attached hydrogen (secondary N) is 2. The zero-order valence-electron chi connectivity index (χ0n) is 13.8. The number of amides is 2. The van der Waals surface area contributed by atoms with E-state index in [1.54, 1.807) is 6.92 Å². The van der Waals surface area contributed by atoms with Crippen LogP contribution in [-0.2, 0) is 4.79 Å². The van der Waals surface area contributed by atoms with E-state index in [0.717, 1.165) is 18.2 Å². The van der Waals surface area contributed by atoms with Gasteiger partial charge in [0, 0.05) is 23.6 Å². The van der Waals surface area contributed by atoms with Crippen LogP contribution in [0.1, 0.15) is 31.1 Å². The monoisotopic (exact) mass is 344 g/mol. The number of benzene rings is 1. The third kappa shape index (κ3) is 5.24. The number of hydrogen-bond donors (Lipinski definition) is 4. The zero-order chi connectivity index (χ0) is 18.5. The van der Waals surface area contributed by atoms with Gasteiger partial charge >= 0.3 is 0 Å². The summed E-state index contributed by atoms with van der Waals surface area (Å²) in [5.74, 6) is -3.47. The van der Waals surface area contributed by atoms with E-state index >= 15 is 0 Å². The smallest absolute Gasteiger partial charge is 0.251 e. The van der Waals surface area contributed by atoms with E-state index in [4.69, 9.17) is 5.11 Å². The van der Waals surface area contributed by atoms with Crippen molar-refractivity contribution in [2.75, 3.05) is 13.2 Å². The quantitative estimate of drug-likeness (QED) is 0.581. The highest BCUT2D eigenvalue weighted by Crippen LogP contribution is 2.19. The molecule has 0 saturated heterocycles. The molecule has 4 N–H and O–H groups in total. The van der Waals surface area contributed by atoms with Gasteiger partial charge in [0.05, 0.1) is 6.61 Å². The van der Waals surface area contributed by atoms with Crippen molar-refractivity contribution in [2.45, 2.75) is 32.9 Å². The van der Waals surface area contributed by atoms with E-state index in [0.29, 0.717) is 0 Å². The predicted molar refractivity (Wildman–Crippen MR) is 83.2 cm³/mol. The van der Waals surface area contributed by atoms with Crippen LogP contribution in [0, 0.1) is 17.0 Å². The fourth-order valence-corrected chi connectivity index (χ4v) is 1.79. The summed E-state index contributed by atoms with van der Waals surface area (Å²) in [5.41, 5.74) is -1.05. The summed E-state index contributed by atoms with van der Waals surface area (Å²) >= 11 is 0. The summed E-state index contributed by atoms with van der Waals surface area (Å²) in [6.45, 7) is 4.31. The SMILES string of the molecule is C[C@@H](CNC(=O)[C@H](O)C(C)(C)CO)NC(=O)c1ccc(F)c(F)c1. The maximum atomic E-state index is 13.1. The Morgan fingerprint density at radius 3 is 2.42 bits per heavy atom. The third-order valence-electron chi connectivity index (χ3n) is 3.54. The summed E-state index contributed by atoms with van der Waals surface area (Å²) in [7, 11) is 0. The number of hydrogen-bond acceptors (Lipinski definition) is 4. The van der Waals surface area contributed by atoms with Crippen LogP contribution in [-0.4, -0.2) is 47.3 Å². The fraction of sp³-hybridized carbons (Fsp3) is 0.500. The van der Waals surface area contributed by atoms with Crippen LogP contribution in [0.25, 0.3) is 0 Å². The van der Waals surface area contributed by atoms with Gasteiger partial charge in [0.2, 0.25) is 5.91 Å². The van der Waals surface area contributed by atoms with Crippen molar-refractivity contribution in [2.24, 2.45) is 5.41 Å². The first kappa shape index (κ1) is 20.0. The van der Waals surface area contributed by atoms with Gasteiger partial charge in [-0.25, -0.2) is 8.78 Å². The highest BCUT2D eigenvalue weighted by molar-refractivity contribution is 5.94. The van der Waals surface area contributed by atoms with Crippen molar-refractivity contribution in [1.82, 2.24) is 10.6 Å². The predicted octanol–water partition coefficient (Wildman–Crippen LogP) is 0.579. The lowest BCUT2D eigenvalue weighted by atomic mass is 9.87. The molecule has 0 aromatic heterocycles. The highest BCUT2D eigenvalue weighted by atomic mass is 19.2. The van der Waals surface area contributed by atoms with Crippen LogP contribution in [0.15, 0.2) is 18.2 Å². The van der Waals surface area contributed by atoms with Crippen LogP contribution in [0.4, 0.5) is 8.78 Å². The van der Waals surface area contributed by atoms with E-state index < -0.39 is 41.0 Å². The molecule has 0 radical (unpaired) electrons. The van der Waals surface area contributed by atoms with Gasteiger partial charge in [-0.05, 0) is 25.1 Å². The maximum absolute atomic E-state index is 13.1. The average molecular weight is 344 g/mol. The molecular formula is C16H22F2N2O4. The number of aliphatic hydroxyl groups excluding tert-OH is 2. The Bertz CT molecular complexity index is 608. The van der Waals surface area contributed by atoms with Gasteiger partial charge in [0.1, 0.15) is 6.10 Å². The molecule has 1 rings (SSSR count). The summed E-state index contributed by atoms with van der Waals surface area (Å²) in [6, 6.07) is 2.26. The maximum Gasteiger partial charge on any atom is 0.251 e. The molecule has 0 fully saturated rings. The van der Waals surface area contributed by atoms with Gasteiger partial charge in [0.15, 0.2) is 11.6 Å². The topological polar surface area (TPSA) is 98.7 Å². The third-order valence-corrected chi connectivity index (χ3v) is 3.54. The average Bonchev–Trinajstić information content (AvgIpc) is 2.54. The molecule has 8 heteroatoms. The van der Waals surface area contributed by atoms with Crippen molar-refractivity contribution in [3.63, 3.8) is 0 Å². The molecule has 0 heterocycles. The standard InChI is InChI=1S/C16H22F2N2O4/c1-9(7-19-15(24)13(22)16(2,3)8-21)20-14(23)10-4-5-11(17)12(18)6-10/h4-6,9,13,21-22H,7-8H2,1-3H3,(H,19,24)(H,20,23)/t9-,13-/m0/s1. The lowest BCUT2D eigenvalue weighted by Gasteiger charge is -2.27. The van der Waals surface area contributed by atoms with Gasteiger partial charge in [-0.3, -0.25) is 9.59 Å². The Hall–Kier alpha value is -2.06. The van der Waals surface area contributed by atoms with Crippen molar-refractivity contribution < 1.29 is 28.6 Å². The Kier molecular flexibility index (Phi) is 6.80. The second-order valence-corrected chi connectivity index (χ2v) is 6.30. The van der Waals surface area contributed by atoms with E-state index in [2.05, 4.69) is 10.6 Å². The molecule has 134 valence electrons. The van der Waals surface area contributed by atoms with Crippen LogP contribution >= 0.6 is 0 Å². The molecule has 0 saturated carbocycles. The normalized spacial score (nSPS) is 14.0.